The van der Waals surface area contributed by atoms with E-state index < -0.39 is 0 Å². The van der Waals surface area contributed by atoms with Gasteiger partial charge in [0.15, 0.2) is 0 Å². The molecule has 19 heavy (non-hydrogen) atoms. The number of benzene rings is 1. The highest BCUT2D eigenvalue weighted by Gasteiger charge is 2.18. The maximum Gasteiger partial charge on any atom is 0.251 e. The molecule has 0 heterocycles. The predicted molar refractivity (Wildman–Crippen MR) is 81.5 cm³/mol. The fraction of sp³-hybridized carbons (Fsp3) is 0.533. The Morgan fingerprint density at radius 2 is 1.95 bits per heavy atom. The van der Waals surface area contributed by atoms with E-state index in [0.29, 0.717) is 12.1 Å². The lowest BCUT2D eigenvalue weighted by atomic mass is 9.88. The van der Waals surface area contributed by atoms with Crippen molar-refractivity contribution in [1.82, 2.24) is 5.32 Å². The number of nitrogens with one attached hydrogen (secondary N) is 1. The normalized spacial score (nSPS) is 11.4. The van der Waals surface area contributed by atoms with Crippen molar-refractivity contribution in [3.05, 3.63) is 35.4 Å². The van der Waals surface area contributed by atoms with Gasteiger partial charge < -0.3 is 10.4 Å². The molecule has 0 aliphatic rings. The standard InChI is InChI=1S/C15H22BrNO2/c1-15(2,8-3-9-18)11-17-14(19)13-6-4-12(10-16)5-7-13/h4-7,18H,3,8-11H2,1-2H3,(H,17,19). The Kier molecular flexibility index (Phi) is 6.52. The second-order valence-electron chi connectivity index (χ2n) is 5.50. The molecule has 0 fully saturated rings. The molecule has 0 atom stereocenters. The Morgan fingerprint density at radius 3 is 2.47 bits per heavy atom. The number of amides is 1. The second-order valence-corrected chi connectivity index (χ2v) is 6.07. The number of aliphatic hydroxyl groups is 1. The van der Waals surface area contributed by atoms with Crippen molar-refractivity contribution >= 4 is 21.8 Å². The van der Waals surface area contributed by atoms with E-state index in [2.05, 4.69) is 35.1 Å². The summed E-state index contributed by atoms with van der Waals surface area (Å²) in [5.41, 5.74) is 1.84. The van der Waals surface area contributed by atoms with Crippen LogP contribution >= 0.6 is 15.9 Å². The number of halogens is 1. The van der Waals surface area contributed by atoms with E-state index in [1.54, 1.807) is 0 Å². The van der Waals surface area contributed by atoms with Gasteiger partial charge in [0, 0.05) is 24.0 Å². The van der Waals surface area contributed by atoms with Crippen LogP contribution in [-0.4, -0.2) is 24.2 Å². The van der Waals surface area contributed by atoms with E-state index in [9.17, 15) is 4.79 Å². The maximum atomic E-state index is 12.0. The lowest BCUT2D eigenvalue weighted by Crippen LogP contribution is -2.34. The monoisotopic (exact) mass is 327 g/mol. The number of rotatable bonds is 7. The van der Waals surface area contributed by atoms with E-state index >= 15 is 0 Å². The maximum absolute atomic E-state index is 12.0. The summed E-state index contributed by atoms with van der Waals surface area (Å²) in [5, 5.41) is 12.6. The van der Waals surface area contributed by atoms with Crippen molar-refractivity contribution in [3.8, 4) is 0 Å². The van der Waals surface area contributed by atoms with Crippen LogP contribution in [0.5, 0.6) is 0 Å². The van der Waals surface area contributed by atoms with Crippen LogP contribution in [0.15, 0.2) is 24.3 Å². The zero-order valence-electron chi connectivity index (χ0n) is 11.6. The number of carbonyl (C=O) groups is 1. The molecule has 4 heteroatoms. The van der Waals surface area contributed by atoms with Gasteiger partial charge in [-0.15, -0.1) is 0 Å². The fourth-order valence-corrected chi connectivity index (χ4v) is 2.19. The summed E-state index contributed by atoms with van der Waals surface area (Å²) in [6, 6.07) is 7.57. The fourth-order valence-electron chi connectivity index (χ4n) is 1.81. The summed E-state index contributed by atoms with van der Waals surface area (Å²) in [4.78, 5) is 12.0. The van der Waals surface area contributed by atoms with Gasteiger partial charge in [0.05, 0.1) is 0 Å². The average Bonchev–Trinajstić information content (AvgIpc) is 2.43. The average molecular weight is 328 g/mol. The van der Waals surface area contributed by atoms with Crippen molar-refractivity contribution in [1.29, 1.82) is 0 Å². The van der Waals surface area contributed by atoms with Gasteiger partial charge in [-0.05, 0) is 36.0 Å². The molecular formula is C15H22BrNO2. The lowest BCUT2D eigenvalue weighted by Gasteiger charge is -2.24. The molecule has 0 aliphatic heterocycles. The highest BCUT2D eigenvalue weighted by Crippen LogP contribution is 2.21. The summed E-state index contributed by atoms with van der Waals surface area (Å²) < 4.78 is 0. The van der Waals surface area contributed by atoms with Crippen LogP contribution in [0.4, 0.5) is 0 Å². The van der Waals surface area contributed by atoms with E-state index in [0.717, 1.165) is 23.7 Å². The van der Waals surface area contributed by atoms with Crippen LogP contribution in [-0.2, 0) is 5.33 Å². The molecular weight excluding hydrogens is 306 g/mol. The van der Waals surface area contributed by atoms with E-state index in [1.807, 2.05) is 24.3 Å². The summed E-state index contributed by atoms with van der Waals surface area (Å²) in [6.07, 6.45) is 1.66. The zero-order valence-corrected chi connectivity index (χ0v) is 13.2. The molecule has 0 spiro atoms. The molecule has 1 amide bonds. The third-order valence-electron chi connectivity index (χ3n) is 3.11. The molecule has 1 rings (SSSR count). The summed E-state index contributed by atoms with van der Waals surface area (Å²) >= 11 is 3.38. The molecule has 0 radical (unpaired) electrons. The minimum absolute atomic E-state index is 0.00812. The summed E-state index contributed by atoms with van der Waals surface area (Å²) in [5.74, 6) is -0.0433. The van der Waals surface area contributed by atoms with Crippen LogP contribution in [0.25, 0.3) is 0 Å². The Balaban J connectivity index is 2.50. The largest absolute Gasteiger partial charge is 0.396 e. The molecule has 3 nitrogen and oxygen atoms in total. The van der Waals surface area contributed by atoms with Gasteiger partial charge in [0.1, 0.15) is 0 Å². The lowest BCUT2D eigenvalue weighted by molar-refractivity contribution is 0.0933. The summed E-state index contributed by atoms with van der Waals surface area (Å²) in [6.45, 7) is 5.01. The zero-order chi connectivity index (χ0) is 14.3. The molecule has 106 valence electrons. The smallest absolute Gasteiger partial charge is 0.251 e. The number of carbonyl (C=O) groups excluding carboxylic acids is 1. The first-order chi connectivity index (χ1) is 8.98. The SMILES string of the molecule is CC(C)(CCCO)CNC(=O)c1ccc(CBr)cc1. The topological polar surface area (TPSA) is 49.3 Å². The molecule has 0 saturated heterocycles. The van der Waals surface area contributed by atoms with Crippen molar-refractivity contribution < 1.29 is 9.90 Å². The molecule has 0 saturated carbocycles. The molecule has 0 aliphatic carbocycles. The Morgan fingerprint density at radius 1 is 1.32 bits per heavy atom. The van der Waals surface area contributed by atoms with Crippen LogP contribution < -0.4 is 5.32 Å². The molecule has 1 aromatic carbocycles. The van der Waals surface area contributed by atoms with Crippen LogP contribution in [0.3, 0.4) is 0 Å². The molecule has 1 aromatic rings. The van der Waals surface area contributed by atoms with Gasteiger partial charge in [-0.25, -0.2) is 0 Å². The van der Waals surface area contributed by atoms with Gasteiger partial charge >= 0.3 is 0 Å². The Hall–Kier alpha value is -0.870. The Labute approximate surface area is 123 Å². The minimum atomic E-state index is -0.0433. The number of alkyl halides is 1. The number of hydrogen-bond donors (Lipinski definition) is 2. The van der Waals surface area contributed by atoms with Gasteiger partial charge in [-0.1, -0.05) is 41.9 Å². The highest BCUT2D eigenvalue weighted by atomic mass is 79.9. The first kappa shape index (κ1) is 16.2. The number of hydrogen-bond acceptors (Lipinski definition) is 2. The molecule has 0 aromatic heterocycles. The minimum Gasteiger partial charge on any atom is -0.396 e. The van der Waals surface area contributed by atoms with E-state index in [1.165, 1.54) is 0 Å². The van der Waals surface area contributed by atoms with E-state index in [-0.39, 0.29) is 17.9 Å². The van der Waals surface area contributed by atoms with Crippen LogP contribution in [0.1, 0.15) is 42.6 Å². The summed E-state index contributed by atoms with van der Waals surface area (Å²) in [7, 11) is 0. The van der Waals surface area contributed by atoms with Crippen molar-refractivity contribution in [2.45, 2.75) is 32.0 Å². The highest BCUT2D eigenvalue weighted by molar-refractivity contribution is 9.08. The van der Waals surface area contributed by atoms with Gasteiger partial charge in [0.25, 0.3) is 5.91 Å². The predicted octanol–water partition coefficient (Wildman–Crippen LogP) is 3.11. The van der Waals surface area contributed by atoms with E-state index in [4.69, 9.17) is 5.11 Å². The van der Waals surface area contributed by atoms with Gasteiger partial charge in [-0.2, -0.15) is 0 Å². The molecule has 0 bridgehead atoms. The first-order valence-corrected chi connectivity index (χ1v) is 7.64. The van der Waals surface area contributed by atoms with Crippen molar-refractivity contribution in [2.75, 3.05) is 13.2 Å². The van der Waals surface area contributed by atoms with Crippen molar-refractivity contribution in [2.24, 2.45) is 5.41 Å². The first-order valence-electron chi connectivity index (χ1n) is 6.52. The van der Waals surface area contributed by atoms with Crippen LogP contribution in [0, 0.1) is 5.41 Å². The van der Waals surface area contributed by atoms with Crippen molar-refractivity contribution in [3.63, 3.8) is 0 Å². The third kappa shape index (κ3) is 5.74. The molecule has 2 N–H and O–H groups in total. The third-order valence-corrected chi connectivity index (χ3v) is 3.76. The number of aliphatic hydroxyl groups excluding tert-OH is 1. The van der Waals surface area contributed by atoms with Gasteiger partial charge in [-0.3, -0.25) is 4.79 Å². The van der Waals surface area contributed by atoms with Crippen LogP contribution in [0.2, 0.25) is 0 Å². The quantitative estimate of drug-likeness (QED) is 0.756. The second kappa shape index (κ2) is 7.65. The van der Waals surface area contributed by atoms with Gasteiger partial charge in [0.2, 0.25) is 0 Å². The Bertz CT molecular complexity index is 401. The molecule has 0 unspecified atom stereocenters.